The fourth-order valence-electron chi connectivity index (χ4n) is 3.30. The lowest BCUT2D eigenvalue weighted by atomic mass is 9.91. The molecule has 18 heavy (non-hydrogen) atoms. The van der Waals surface area contributed by atoms with E-state index in [9.17, 15) is 0 Å². The van der Waals surface area contributed by atoms with Gasteiger partial charge in [0.1, 0.15) is 0 Å². The highest BCUT2D eigenvalue weighted by molar-refractivity contribution is 5.14. The second-order valence-electron chi connectivity index (χ2n) is 5.74. The van der Waals surface area contributed by atoms with E-state index in [1.165, 1.54) is 56.6 Å². The van der Waals surface area contributed by atoms with Crippen LogP contribution in [0, 0.1) is 6.92 Å². The molecule has 2 unspecified atom stereocenters. The number of nitrogens with zero attached hydrogens (tertiary/aromatic N) is 2. The molecule has 1 aliphatic carbocycles. The van der Waals surface area contributed by atoms with E-state index >= 15 is 0 Å². The van der Waals surface area contributed by atoms with Crippen LogP contribution in [0.2, 0.25) is 0 Å². The van der Waals surface area contributed by atoms with Crippen molar-refractivity contribution in [1.29, 1.82) is 0 Å². The van der Waals surface area contributed by atoms with Gasteiger partial charge in [0, 0.05) is 24.2 Å². The van der Waals surface area contributed by atoms with Crippen molar-refractivity contribution >= 4 is 0 Å². The fraction of sp³-hybridized carbons (Fsp3) is 0.667. The molecule has 2 aliphatic rings. The van der Waals surface area contributed by atoms with E-state index in [2.05, 4.69) is 40.2 Å². The van der Waals surface area contributed by atoms with Gasteiger partial charge >= 0.3 is 0 Å². The topological polar surface area (TPSA) is 31.9 Å². The number of likely N-dealkylation sites (tertiary alicyclic amines) is 1. The van der Waals surface area contributed by atoms with E-state index in [0.29, 0.717) is 12.0 Å². The Labute approximate surface area is 109 Å². The molecule has 1 aliphatic heterocycles. The average molecular weight is 245 g/mol. The van der Waals surface area contributed by atoms with Crippen molar-refractivity contribution in [2.45, 2.75) is 51.0 Å². The molecule has 0 aromatic carbocycles. The smallest absolute Gasteiger partial charge is 0.0668 e. The van der Waals surface area contributed by atoms with Crippen LogP contribution < -0.4 is 0 Å². The zero-order valence-electron chi connectivity index (χ0n) is 11.2. The fourth-order valence-corrected chi connectivity index (χ4v) is 3.30. The summed E-state index contributed by atoms with van der Waals surface area (Å²) >= 11 is 0. The van der Waals surface area contributed by atoms with E-state index in [1.54, 1.807) is 0 Å². The van der Waals surface area contributed by atoms with Gasteiger partial charge in [0.2, 0.25) is 0 Å². The van der Waals surface area contributed by atoms with Gasteiger partial charge in [0.25, 0.3) is 0 Å². The molecule has 2 atom stereocenters. The normalized spacial score (nSPS) is 29.6. The van der Waals surface area contributed by atoms with E-state index in [0.717, 1.165) is 0 Å². The number of aromatic amines is 1. The molecule has 0 radical (unpaired) electrons. The highest BCUT2D eigenvalue weighted by Gasteiger charge is 2.27. The predicted molar refractivity (Wildman–Crippen MR) is 73.7 cm³/mol. The number of nitrogens with one attached hydrogen (secondary N) is 1. The lowest BCUT2D eigenvalue weighted by Gasteiger charge is -2.37. The summed E-state index contributed by atoms with van der Waals surface area (Å²) in [5.74, 6) is 0.624. The maximum atomic E-state index is 4.45. The van der Waals surface area contributed by atoms with Gasteiger partial charge in [-0.15, -0.1) is 0 Å². The number of aryl methyl sites for hydroxylation is 1. The van der Waals surface area contributed by atoms with Crippen molar-refractivity contribution in [2.24, 2.45) is 0 Å². The molecule has 0 amide bonds. The van der Waals surface area contributed by atoms with Crippen molar-refractivity contribution in [1.82, 2.24) is 15.1 Å². The van der Waals surface area contributed by atoms with Crippen LogP contribution in [-0.4, -0.2) is 34.2 Å². The lowest BCUT2D eigenvalue weighted by molar-refractivity contribution is 0.161. The third-order valence-corrected chi connectivity index (χ3v) is 4.29. The van der Waals surface area contributed by atoms with Gasteiger partial charge in [-0.1, -0.05) is 12.2 Å². The molecule has 3 nitrogen and oxygen atoms in total. The van der Waals surface area contributed by atoms with Crippen molar-refractivity contribution < 1.29 is 0 Å². The first-order valence-electron chi connectivity index (χ1n) is 7.25. The molecule has 1 aromatic heterocycles. The number of allylic oxidation sites excluding steroid dienone is 1. The van der Waals surface area contributed by atoms with Crippen LogP contribution in [0.3, 0.4) is 0 Å². The molecule has 3 rings (SSSR count). The Morgan fingerprint density at radius 3 is 3.00 bits per heavy atom. The third-order valence-electron chi connectivity index (χ3n) is 4.29. The number of hydrogen-bond acceptors (Lipinski definition) is 2. The molecular weight excluding hydrogens is 222 g/mol. The molecule has 2 heterocycles. The quantitative estimate of drug-likeness (QED) is 0.812. The molecular formula is C15H23N3. The second kappa shape index (κ2) is 5.27. The van der Waals surface area contributed by atoms with E-state index in [-0.39, 0.29) is 0 Å². The third kappa shape index (κ3) is 2.51. The molecule has 1 fully saturated rings. The van der Waals surface area contributed by atoms with Gasteiger partial charge in [0.15, 0.2) is 0 Å². The second-order valence-corrected chi connectivity index (χ2v) is 5.74. The maximum absolute atomic E-state index is 4.45. The molecule has 98 valence electrons. The Kier molecular flexibility index (Phi) is 3.50. The summed E-state index contributed by atoms with van der Waals surface area (Å²) in [6.45, 7) is 4.52. The summed E-state index contributed by atoms with van der Waals surface area (Å²) in [5, 5.41) is 7.53. The first-order valence-corrected chi connectivity index (χ1v) is 7.25. The lowest BCUT2D eigenvalue weighted by Crippen LogP contribution is -2.41. The summed E-state index contributed by atoms with van der Waals surface area (Å²) in [7, 11) is 0. The Morgan fingerprint density at radius 1 is 1.33 bits per heavy atom. The van der Waals surface area contributed by atoms with Crippen LogP contribution in [0.4, 0.5) is 0 Å². The minimum atomic E-state index is 0.624. The first-order chi connectivity index (χ1) is 8.83. The molecule has 3 heteroatoms. The molecule has 0 spiro atoms. The first kappa shape index (κ1) is 12.0. The number of aromatic nitrogens is 2. The Balaban J connectivity index is 1.68. The molecule has 1 aromatic rings. The van der Waals surface area contributed by atoms with Gasteiger partial charge < -0.3 is 0 Å². The van der Waals surface area contributed by atoms with E-state index < -0.39 is 0 Å². The van der Waals surface area contributed by atoms with Crippen LogP contribution in [0.25, 0.3) is 0 Å². The number of hydrogen-bond donors (Lipinski definition) is 1. The van der Waals surface area contributed by atoms with Gasteiger partial charge in [-0.05, 0) is 51.6 Å². The SMILES string of the molecule is Cc1cc(C2CCCN(C3C=CCCC3)C2)n[nH]1. The van der Waals surface area contributed by atoms with Crippen molar-refractivity contribution in [2.75, 3.05) is 13.1 Å². The summed E-state index contributed by atoms with van der Waals surface area (Å²) in [5.41, 5.74) is 2.44. The minimum Gasteiger partial charge on any atom is -0.296 e. The molecule has 1 saturated heterocycles. The predicted octanol–water partition coefficient (Wildman–Crippen LogP) is 3.01. The van der Waals surface area contributed by atoms with Gasteiger partial charge in [-0.2, -0.15) is 5.10 Å². The van der Waals surface area contributed by atoms with Crippen molar-refractivity contribution in [3.63, 3.8) is 0 Å². The monoisotopic (exact) mass is 245 g/mol. The summed E-state index contributed by atoms with van der Waals surface area (Å²) in [6, 6.07) is 2.90. The summed E-state index contributed by atoms with van der Waals surface area (Å²) < 4.78 is 0. The minimum absolute atomic E-state index is 0.624. The van der Waals surface area contributed by atoms with Crippen LogP contribution >= 0.6 is 0 Å². The van der Waals surface area contributed by atoms with Crippen molar-refractivity contribution in [3.8, 4) is 0 Å². The highest BCUT2D eigenvalue weighted by Crippen LogP contribution is 2.29. The summed E-state index contributed by atoms with van der Waals surface area (Å²) in [6.07, 6.45) is 11.3. The van der Waals surface area contributed by atoms with Crippen LogP contribution in [0.5, 0.6) is 0 Å². The summed E-state index contributed by atoms with van der Waals surface area (Å²) in [4.78, 5) is 2.66. The van der Waals surface area contributed by atoms with Gasteiger partial charge in [-0.25, -0.2) is 0 Å². The average Bonchev–Trinajstić information content (AvgIpc) is 2.87. The van der Waals surface area contributed by atoms with E-state index in [4.69, 9.17) is 0 Å². The number of piperidine rings is 1. The van der Waals surface area contributed by atoms with Crippen molar-refractivity contribution in [3.05, 3.63) is 29.6 Å². The maximum Gasteiger partial charge on any atom is 0.0668 e. The van der Waals surface area contributed by atoms with Crippen LogP contribution in [0.1, 0.15) is 49.4 Å². The molecule has 1 N–H and O–H groups in total. The number of H-pyrrole nitrogens is 1. The van der Waals surface area contributed by atoms with Gasteiger partial charge in [-0.3, -0.25) is 10.00 Å². The van der Waals surface area contributed by atoms with E-state index in [1.807, 2.05) is 0 Å². The highest BCUT2D eigenvalue weighted by atomic mass is 15.2. The van der Waals surface area contributed by atoms with Gasteiger partial charge in [0.05, 0.1) is 5.69 Å². The molecule has 0 bridgehead atoms. The standard InChI is InChI=1S/C15H23N3/c1-12-10-15(17-16-12)13-6-5-9-18(11-13)14-7-3-2-4-8-14/h3,7,10,13-14H,2,4-6,8-9,11H2,1H3,(H,16,17). The Morgan fingerprint density at radius 2 is 2.28 bits per heavy atom. The zero-order valence-corrected chi connectivity index (χ0v) is 11.2. The number of rotatable bonds is 2. The Bertz CT molecular complexity index is 421. The van der Waals surface area contributed by atoms with Crippen LogP contribution in [0.15, 0.2) is 18.2 Å². The Hall–Kier alpha value is -1.09. The van der Waals surface area contributed by atoms with Crippen LogP contribution in [-0.2, 0) is 0 Å². The zero-order chi connectivity index (χ0) is 12.4. The largest absolute Gasteiger partial charge is 0.296 e. The molecule has 0 saturated carbocycles.